The van der Waals surface area contributed by atoms with Gasteiger partial charge in [0.05, 0.1) is 26.2 Å². The van der Waals surface area contributed by atoms with Gasteiger partial charge in [0.2, 0.25) is 0 Å². The number of furan rings is 4. The Balaban J connectivity index is 1.45. The van der Waals surface area contributed by atoms with Gasteiger partial charge in [-0.15, -0.1) is 0 Å². The highest BCUT2D eigenvalue weighted by atomic mass is 16.4. The van der Waals surface area contributed by atoms with E-state index in [2.05, 4.69) is 21.3 Å². The molecule has 44 heavy (non-hydrogen) atoms. The van der Waals surface area contributed by atoms with Crippen molar-refractivity contribution < 1.29 is 36.8 Å². The van der Waals surface area contributed by atoms with Gasteiger partial charge in [-0.2, -0.15) is 0 Å². The maximum atomic E-state index is 12.9. The van der Waals surface area contributed by atoms with Crippen LogP contribution in [0, 0.1) is 0 Å². The van der Waals surface area contributed by atoms with E-state index in [4.69, 9.17) is 40.6 Å². The Hall–Kier alpha value is -5.16. The average molecular weight is 609 g/mol. The first-order valence-corrected chi connectivity index (χ1v) is 13.6. The van der Waals surface area contributed by atoms with Gasteiger partial charge in [-0.1, -0.05) is 0 Å². The zero-order chi connectivity index (χ0) is 31.4. The van der Waals surface area contributed by atoms with Crippen molar-refractivity contribution >= 4 is 23.6 Å². The summed E-state index contributed by atoms with van der Waals surface area (Å²) < 4.78 is 22.8. The molecule has 1 aliphatic rings. The van der Waals surface area contributed by atoms with Crippen molar-refractivity contribution in [3.05, 3.63) is 92.6 Å². The van der Waals surface area contributed by atoms with E-state index in [0.717, 1.165) is 0 Å². The quantitative estimate of drug-likeness (QED) is 0.151. The van der Waals surface area contributed by atoms with Gasteiger partial charge in [-0.3, -0.25) is 19.2 Å². The third-order valence-corrected chi connectivity index (χ3v) is 7.00. The summed E-state index contributed by atoms with van der Waals surface area (Å²) in [5, 5.41) is 10.7. The normalized spacial score (nSPS) is 14.8. The molecule has 16 nitrogen and oxygen atoms in total. The van der Waals surface area contributed by atoms with Crippen LogP contribution in [0.3, 0.4) is 0 Å². The third kappa shape index (κ3) is 6.28. The second-order valence-electron chi connectivity index (χ2n) is 9.78. The molecular weight excluding hydrogens is 576 g/mol. The van der Waals surface area contributed by atoms with Gasteiger partial charge in [-0.05, 0) is 24.3 Å². The van der Waals surface area contributed by atoms with Gasteiger partial charge in [0.1, 0.15) is 23.0 Å². The molecule has 5 heterocycles. The molecule has 4 amide bonds. The van der Waals surface area contributed by atoms with Crippen LogP contribution in [-0.4, -0.2) is 23.6 Å². The number of amides is 4. The minimum Gasteiger partial charge on any atom is -0.454 e. The SMILES string of the molecule is NCc1cc2oc1CNC(=O)c1cc(CN)c(o1)CNC(=O)c1cc(CN)c(o1)CNC(=O)c1cc(CN)c(o1)CNC2=O. The predicted molar refractivity (Wildman–Crippen MR) is 151 cm³/mol. The summed E-state index contributed by atoms with van der Waals surface area (Å²) in [5.74, 6) is -1.40. The molecule has 0 spiro atoms. The second-order valence-corrected chi connectivity index (χ2v) is 9.78. The molecule has 1 aliphatic heterocycles. The minimum absolute atomic E-state index is 0.0434. The molecule has 4 aromatic rings. The lowest BCUT2D eigenvalue weighted by Crippen LogP contribution is -2.24. The number of nitrogens with one attached hydrogen (secondary N) is 4. The van der Waals surface area contributed by atoms with Crippen LogP contribution < -0.4 is 44.2 Å². The molecule has 0 saturated heterocycles. The molecule has 232 valence electrons. The molecule has 0 saturated carbocycles. The Morgan fingerprint density at radius 1 is 0.432 bits per heavy atom. The monoisotopic (exact) mass is 608 g/mol. The maximum absolute atomic E-state index is 12.9. The Bertz CT molecular complexity index is 1460. The largest absolute Gasteiger partial charge is 0.454 e. The Kier molecular flexibility index (Phi) is 8.96. The molecule has 0 aliphatic carbocycles. The molecule has 0 fully saturated rings. The van der Waals surface area contributed by atoms with Gasteiger partial charge in [0.25, 0.3) is 23.6 Å². The number of rotatable bonds is 4. The van der Waals surface area contributed by atoms with Crippen molar-refractivity contribution in [2.24, 2.45) is 22.9 Å². The van der Waals surface area contributed by atoms with Crippen LogP contribution in [0.1, 0.15) is 87.5 Å². The molecule has 4 aromatic heterocycles. The van der Waals surface area contributed by atoms with Crippen LogP contribution in [0.15, 0.2) is 41.9 Å². The molecule has 0 atom stereocenters. The number of hydrogen-bond acceptors (Lipinski definition) is 12. The van der Waals surface area contributed by atoms with E-state index >= 15 is 0 Å². The zero-order valence-corrected chi connectivity index (χ0v) is 23.5. The summed E-state index contributed by atoms with van der Waals surface area (Å²) >= 11 is 0. The van der Waals surface area contributed by atoms with Gasteiger partial charge in [-0.25, -0.2) is 0 Å². The Morgan fingerprint density at radius 2 is 0.636 bits per heavy atom. The lowest BCUT2D eigenvalue weighted by molar-refractivity contribution is 0.0911. The topological polar surface area (TPSA) is 273 Å². The predicted octanol–water partition coefficient (Wildman–Crippen LogP) is -0.0732. The first-order chi connectivity index (χ1) is 21.2. The van der Waals surface area contributed by atoms with Crippen LogP contribution in [0.2, 0.25) is 0 Å². The third-order valence-electron chi connectivity index (χ3n) is 7.00. The highest BCUT2D eigenvalue weighted by molar-refractivity contribution is 5.94. The van der Waals surface area contributed by atoms with Crippen molar-refractivity contribution in [3.63, 3.8) is 0 Å². The summed E-state index contributed by atoms with van der Waals surface area (Å²) in [6.45, 7) is -0.209. The first kappa shape index (κ1) is 30.3. The second kappa shape index (κ2) is 13.0. The molecular formula is C28H32N8O8. The first-order valence-electron chi connectivity index (χ1n) is 13.6. The molecule has 5 rings (SSSR count). The van der Waals surface area contributed by atoms with Crippen molar-refractivity contribution in [2.45, 2.75) is 52.4 Å². The van der Waals surface area contributed by atoms with E-state index in [0.29, 0.717) is 22.3 Å². The number of nitrogens with two attached hydrogens (primary N) is 4. The Labute approximate surface area is 249 Å². The lowest BCUT2D eigenvalue weighted by Gasteiger charge is -2.05. The molecule has 0 radical (unpaired) electrons. The molecule has 0 unspecified atom stereocenters. The van der Waals surface area contributed by atoms with Gasteiger partial charge < -0.3 is 61.9 Å². The Morgan fingerprint density at radius 3 is 0.818 bits per heavy atom. The van der Waals surface area contributed by atoms with E-state index in [1.165, 1.54) is 24.3 Å². The summed E-state index contributed by atoms with van der Waals surface area (Å²) in [6, 6.07) is 5.88. The van der Waals surface area contributed by atoms with Crippen molar-refractivity contribution in [1.82, 2.24) is 21.3 Å². The molecule has 12 N–H and O–H groups in total. The minimum atomic E-state index is -0.578. The smallest absolute Gasteiger partial charge is 0.287 e. The standard InChI is InChI=1S/C28H32N8O8/c29-5-13-1-17-25(37)33-10-22-14(6-30)2-19(42-22)27(39)35-12-24-16(8-32)4-20(44-24)28(40)36-11-23-15(7-31)3-18(43-23)26(38)34-9-21(13)41-17/h1-4H,5-12,29-32H2,(H,33,37)(H,34,38)(H,35,39)(H,36,40). The fourth-order valence-electron chi connectivity index (χ4n) is 4.59. The molecule has 0 aromatic carbocycles. The number of hydrogen-bond donors (Lipinski definition) is 8. The van der Waals surface area contributed by atoms with E-state index in [1.807, 2.05) is 0 Å². The number of fused-ring (bicyclic) bond motifs is 8. The van der Waals surface area contributed by atoms with Crippen LogP contribution in [0.5, 0.6) is 0 Å². The van der Waals surface area contributed by atoms with E-state index in [-0.39, 0.29) is 98.4 Å². The number of carbonyl (C=O) groups excluding carboxylic acids is 4. The van der Waals surface area contributed by atoms with Crippen LogP contribution >= 0.6 is 0 Å². The average Bonchev–Trinajstić information content (AvgIpc) is 3.83. The molecule has 16 heteroatoms. The zero-order valence-electron chi connectivity index (χ0n) is 23.5. The summed E-state index contributed by atoms with van der Waals surface area (Å²) in [6.07, 6.45) is 0. The highest BCUT2D eigenvalue weighted by Crippen LogP contribution is 2.21. The number of carbonyl (C=O) groups is 4. The van der Waals surface area contributed by atoms with Crippen molar-refractivity contribution in [3.8, 4) is 0 Å². The van der Waals surface area contributed by atoms with Crippen LogP contribution in [-0.2, 0) is 52.4 Å². The van der Waals surface area contributed by atoms with Crippen molar-refractivity contribution in [1.29, 1.82) is 0 Å². The van der Waals surface area contributed by atoms with Gasteiger partial charge >= 0.3 is 0 Å². The van der Waals surface area contributed by atoms with Crippen LogP contribution in [0.25, 0.3) is 0 Å². The summed E-state index contributed by atoms with van der Waals surface area (Å²) in [7, 11) is 0. The lowest BCUT2D eigenvalue weighted by atomic mass is 10.2. The highest BCUT2D eigenvalue weighted by Gasteiger charge is 2.23. The van der Waals surface area contributed by atoms with Crippen molar-refractivity contribution in [2.75, 3.05) is 0 Å². The fraction of sp³-hybridized carbons (Fsp3) is 0.286. The van der Waals surface area contributed by atoms with Crippen LogP contribution in [0.4, 0.5) is 0 Å². The van der Waals surface area contributed by atoms with E-state index < -0.39 is 23.6 Å². The van der Waals surface area contributed by atoms with Gasteiger partial charge in [0, 0.05) is 48.4 Å². The van der Waals surface area contributed by atoms with Gasteiger partial charge in [0.15, 0.2) is 23.0 Å². The summed E-state index contributed by atoms with van der Waals surface area (Å²) in [5.41, 5.74) is 25.4. The van der Waals surface area contributed by atoms with E-state index in [1.54, 1.807) is 0 Å². The van der Waals surface area contributed by atoms with E-state index in [9.17, 15) is 19.2 Å². The fourth-order valence-corrected chi connectivity index (χ4v) is 4.59. The maximum Gasteiger partial charge on any atom is 0.287 e. The summed E-state index contributed by atoms with van der Waals surface area (Å²) in [4.78, 5) is 51.6. The molecule has 8 bridgehead atoms.